The number of hydrogen-bond acceptors (Lipinski definition) is 5. The fourth-order valence-electron chi connectivity index (χ4n) is 4.26. The number of carbonyl (C=O) groups excluding carboxylic acids is 1. The van der Waals surface area contributed by atoms with Crippen LogP contribution in [0.15, 0.2) is 18.3 Å². The van der Waals surface area contributed by atoms with Crippen molar-refractivity contribution in [1.82, 2.24) is 25.4 Å². The van der Waals surface area contributed by atoms with Gasteiger partial charge in [0, 0.05) is 71.0 Å². The minimum absolute atomic E-state index is 0.206. The number of halogens is 1. The molecule has 0 bridgehead atoms. The van der Waals surface area contributed by atoms with Crippen LogP contribution >= 0.6 is 11.6 Å². The third-order valence-corrected chi connectivity index (χ3v) is 5.95. The van der Waals surface area contributed by atoms with E-state index < -0.39 is 0 Å². The highest BCUT2D eigenvalue weighted by atomic mass is 35.5. The van der Waals surface area contributed by atoms with Gasteiger partial charge in [-0.3, -0.25) is 9.69 Å². The molecule has 0 saturated carbocycles. The van der Waals surface area contributed by atoms with Crippen molar-refractivity contribution >= 4 is 17.5 Å². The first kappa shape index (κ1) is 16.3. The summed E-state index contributed by atoms with van der Waals surface area (Å²) in [6.07, 6.45) is 1.83. The molecule has 3 saturated heterocycles. The number of fused-ring (bicyclic) bond motifs is 1. The lowest BCUT2D eigenvalue weighted by Crippen LogP contribution is -2.55. The van der Waals surface area contributed by atoms with E-state index in [1.807, 2.05) is 18.3 Å². The number of aromatic nitrogens is 1. The molecule has 0 unspecified atom stereocenters. The summed E-state index contributed by atoms with van der Waals surface area (Å²) >= 11 is 5.84. The molecule has 3 fully saturated rings. The molecule has 1 aromatic heterocycles. The van der Waals surface area contributed by atoms with Gasteiger partial charge in [-0.1, -0.05) is 17.7 Å². The van der Waals surface area contributed by atoms with Gasteiger partial charge < -0.3 is 15.5 Å². The summed E-state index contributed by atoms with van der Waals surface area (Å²) in [6, 6.07) is 3.85. The van der Waals surface area contributed by atoms with Gasteiger partial charge in [-0.05, 0) is 11.6 Å². The average Bonchev–Trinajstić information content (AvgIpc) is 3.18. The lowest BCUT2D eigenvalue weighted by atomic mass is 9.79. The van der Waals surface area contributed by atoms with E-state index in [1.165, 1.54) is 0 Å². The van der Waals surface area contributed by atoms with E-state index in [0.29, 0.717) is 17.0 Å². The van der Waals surface area contributed by atoms with Crippen LogP contribution in [0.5, 0.6) is 0 Å². The van der Waals surface area contributed by atoms with Crippen molar-refractivity contribution < 1.29 is 4.79 Å². The molecule has 7 heteroatoms. The van der Waals surface area contributed by atoms with Crippen LogP contribution < -0.4 is 10.6 Å². The highest BCUT2D eigenvalue weighted by Crippen LogP contribution is 2.36. The maximum absolute atomic E-state index is 13.1. The number of nitrogens with zero attached hydrogens (tertiary/aromatic N) is 3. The molecule has 0 aliphatic carbocycles. The maximum atomic E-state index is 13.1. The van der Waals surface area contributed by atoms with Crippen LogP contribution in [-0.4, -0.2) is 73.0 Å². The lowest BCUT2D eigenvalue weighted by Gasteiger charge is -2.39. The summed E-state index contributed by atoms with van der Waals surface area (Å²) in [5.41, 5.74) is 0.959. The van der Waals surface area contributed by atoms with Crippen molar-refractivity contribution in [3.8, 4) is 0 Å². The Morgan fingerprint density at radius 1 is 1.21 bits per heavy atom. The first-order chi connectivity index (χ1) is 11.7. The number of rotatable bonds is 3. The lowest BCUT2D eigenvalue weighted by molar-refractivity contribution is -0.143. The molecule has 24 heavy (non-hydrogen) atoms. The number of amides is 1. The summed E-state index contributed by atoms with van der Waals surface area (Å²) in [7, 11) is 0. The minimum Gasteiger partial charge on any atom is -0.340 e. The Morgan fingerprint density at radius 2 is 1.92 bits per heavy atom. The zero-order valence-corrected chi connectivity index (χ0v) is 14.6. The van der Waals surface area contributed by atoms with E-state index in [4.69, 9.17) is 11.6 Å². The zero-order valence-electron chi connectivity index (χ0n) is 13.8. The zero-order chi connectivity index (χ0) is 16.6. The highest BCUT2D eigenvalue weighted by Gasteiger charge is 2.53. The first-order valence-electron chi connectivity index (χ1n) is 8.71. The molecule has 0 radical (unpaired) electrons. The SMILES string of the molecule is O=C(N1CCN(Cc2ccc(Cl)nc2)CC1)C12CNCC1CNC2. The Bertz CT molecular complexity index is 590. The van der Waals surface area contributed by atoms with Gasteiger partial charge >= 0.3 is 0 Å². The van der Waals surface area contributed by atoms with Crippen LogP contribution in [0, 0.1) is 11.3 Å². The van der Waals surface area contributed by atoms with E-state index in [0.717, 1.165) is 64.5 Å². The molecule has 1 aromatic rings. The van der Waals surface area contributed by atoms with E-state index in [2.05, 4.69) is 25.4 Å². The molecule has 3 aliphatic heterocycles. The Balaban J connectivity index is 1.34. The molecule has 0 atom stereocenters. The highest BCUT2D eigenvalue weighted by molar-refractivity contribution is 6.29. The smallest absolute Gasteiger partial charge is 0.231 e. The van der Waals surface area contributed by atoms with Crippen molar-refractivity contribution in [2.45, 2.75) is 6.54 Å². The van der Waals surface area contributed by atoms with E-state index in [9.17, 15) is 4.79 Å². The van der Waals surface area contributed by atoms with Crippen LogP contribution in [-0.2, 0) is 11.3 Å². The van der Waals surface area contributed by atoms with Gasteiger partial charge in [-0.25, -0.2) is 4.98 Å². The number of carbonyl (C=O) groups is 1. The Kier molecular flexibility index (Phi) is 4.47. The fraction of sp³-hybridized carbons (Fsp3) is 0.647. The van der Waals surface area contributed by atoms with Crippen LogP contribution in [0.1, 0.15) is 5.56 Å². The molecule has 0 spiro atoms. The summed E-state index contributed by atoms with van der Waals surface area (Å²) in [5, 5.41) is 7.36. The van der Waals surface area contributed by atoms with Gasteiger partial charge in [0.05, 0.1) is 5.41 Å². The van der Waals surface area contributed by atoms with Crippen molar-refractivity contribution in [2.24, 2.45) is 11.3 Å². The van der Waals surface area contributed by atoms with Crippen molar-refractivity contribution in [3.63, 3.8) is 0 Å². The van der Waals surface area contributed by atoms with Gasteiger partial charge in [0.1, 0.15) is 5.15 Å². The van der Waals surface area contributed by atoms with E-state index in [-0.39, 0.29) is 5.41 Å². The second-order valence-corrected chi connectivity index (χ2v) is 7.56. The Hall–Kier alpha value is -1.21. The first-order valence-corrected chi connectivity index (χ1v) is 9.09. The molecule has 3 aliphatic rings. The number of hydrogen-bond donors (Lipinski definition) is 2. The van der Waals surface area contributed by atoms with Gasteiger partial charge in [0.2, 0.25) is 5.91 Å². The number of pyridine rings is 1. The molecule has 2 N–H and O–H groups in total. The fourth-order valence-corrected chi connectivity index (χ4v) is 4.37. The van der Waals surface area contributed by atoms with Crippen molar-refractivity contribution in [1.29, 1.82) is 0 Å². The largest absolute Gasteiger partial charge is 0.340 e. The van der Waals surface area contributed by atoms with Crippen LogP contribution in [0.2, 0.25) is 5.15 Å². The molecular formula is C17H24ClN5O. The van der Waals surface area contributed by atoms with Crippen LogP contribution in [0.4, 0.5) is 0 Å². The number of piperazine rings is 1. The van der Waals surface area contributed by atoms with Gasteiger partial charge in [0.15, 0.2) is 0 Å². The maximum Gasteiger partial charge on any atom is 0.231 e. The normalized spacial score (nSPS) is 30.5. The topological polar surface area (TPSA) is 60.5 Å². The van der Waals surface area contributed by atoms with Gasteiger partial charge in [-0.15, -0.1) is 0 Å². The van der Waals surface area contributed by atoms with Gasteiger partial charge in [-0.2, -0.15) is 0 Å². The third kappa shape index (κ3) is 2.92. The monoisotopic (exact) mass is 349 g/mol. The summed E-state index contributed by atoms with van der Waals surface area (Å²) in [5.74, 6) is 0.790. The molecule has 1 amide bonds. The standard InChI is InChI=1S/C17H24ClN5O/c18-15-2-1-13(7-21-15)10-22-3-5-23(6-4-22)16(24)17-11-19-8-14(17)9-20-12-17/h1-2,7,14,19-20H,3-6,8-12H2. The summed E-state index contributed by atoms with van der Waals surface area (Å²) in [4.78, 5) is 21.7. The molecule has 0 aromatic carbocycles. The second kappa shape index (κ2) is 6.59. The van der Waals surface area contributed by atoms with Crippen LogP contribution in [0.25, 0.3) is 0 Å². The van der Waals surface area contributed by atoms with Crippen molar-refractivity contribution in [3.05, 3.63) is 29.0 Å². The summed E-state index contributed by atoms with van der Waals surface area (Å²) in [6.45, 7) is 7.88. The molecule has 4 rings (SSSR count). The second-order valence-electron chi connectivity index (χ2n) is 7.17. The average molecular weight is 350 g/mol. The predicted octanol–water partition coefficient (Wildman–Crippen LogP) is 0.188. The van der Waals surface area contributed by atoms with Crippen LogP contribution in [0.3, 0.4) is 0 Å². The summed E-state index contributed by atoms with van der Waals surface area (Å²) < 4.78 is 0. The predicted molar refractivity (Wildman–Crippen MR) is 92.8 cm³/mol. The third-order valence-electron chi connectivity index (χ3n) is 5.72. The Morgan fingerprint density at radius 3 is 2.54 bits per heavy atom. The quantitative estimate of drug-likeness (QED) is 0.763. The van der Waals surface area contributed by atoms with E-state index in [1.54, 1.807) is 0 Å². The van der Waals surface area contributed by atoms with Gasteiger partial charge in [0.25, 0.3) is 0 Å². The van der Waals surface area contributed by atoms with E-state index >= 15 is 0 Å². The molecule has 4 heterocycles. The molecular weight excluding hydrogens is 326 g/mol. The molecule has 130 valence electrons. The minimum atomic E-state index is -0.206. The Labute approximate surface area is 147 Å². The van der Waals surface area contributed by atoms with Crippen molar-refractivity contribution in [2.75, 3.05) is 52.4 Å². The number of nitrogens with one attached hydrogen (secondary N) is 2. The molecule has 6 nitrogen and oxygen atoms in total.